The number of hydrogen-bond donors (Lipinski definition) is 2. The second kappa shape index (κ2) is 9.52. The number of benzene rings is 2. The Morgan fingerprint density at radius 1 is 1.12 bits per heavy atom. The number of rotatable bonds is 5. The first-order valence-electron chi connectivity index (χ1n) is 7.89. The molecule has 2 aromatic rings. The topological polar surface area (TPSA) is 53.6 Å². The Balaban J connectivity index is 0.00000288. The third-order valence-corrected chi connectivity index (χ3v) is 4.13. The van der Waals surface area contributed by atoms with E-state index in [9.17, 15) is 0 Å². The maximum atomic E-state index is 6.00. The number of anilines is 2. The highest BCUT2D eigenvalue weighted by Crippen LogP contribution is 2.15. The number of aliphatic imine (C=N–C) groups is 1. The molecule has 24 heavy (non-hydrogen) atoms. The average molecular weight is 438 g/mol. The third-order valence-electron chi connectivity index (χ3n) is 4.13. The minimum Gasteiger partial charge on any atom is -0.370 e. The largest absolute Gasteiger partial charge is 0.370 e. The summed E-state index contributed by atoms with van der Waals surface area (Å²) in [5, 5.41) is 3.15. The zero-order chi connectivity index (χ0) is 16.8. The number of halogens is 1. The van der Waals surface area contributed by atoms with Gasteiger partial charge >= 0.3 is 0 Å². The summed E-state index contributed by atoms with van der Waals surface area (Å²) in [6.45, 7) is 6.96. The summed E-state index contributed by atoms with van der Waals surface area (Å²) in [5.74, 6) is 0.446. The zero-order valence-corrected chi connectivity index (χ0v) is 17.1. The summed E-state index contributed by atoms with van der Waals surface area (Å²) < 4.78 is 0. The molecule has 0 saturated heterocycles. The van der Waals surface area contributed by atoms with Gasteiger partial charge in [-0.15, -0.1) is 24.0 Å². The third kappa shape index (κ3) is 5.70. The van der Waals surface area contributed by atoms with Crippen molar-refractivity contribution in [3.8, 4) is 0 Å². The predicted octanol–water partition coefficient (Wildman–Crippen LogP) is 4.17. The van der Waals surface area contributed by atoms with Crippen molar-refractivity contribution < 1.29 is 0 Å². The summed E-state index contributed by atoms with van der Waals surface area (Å²) in [4.78, 5) is 6.66. The molecule has 2 rings (SSSR count). The van der Waals surface area contributed by atoms with Crippen molar-refractivity contribution in [1.29, 1.82) is 0 Å². The van der Waals surface area contributed by atoms with Gasteiger partial charge in [0.05, 0.1) is 6.54 Å². The lowest BCUT2D eigenvalue weighted by atomic mass is 10.1. The van der Waals surface area contributed by atoms with Gasteiger partial charge in [0, 0.05) is 24.5 Å². The van der Waals surface area contributed by atoms with Crippen molar-refractivity contribution in [1.82, 2.24) is 0 Å². The average Bonchev–Trinajstić information content (AvgIpc) is 2.56. The fourth-order valence-electron chi connectivity index (χ4n) is 2.28. The van der Waals surface area contributed by atoms with Gasteiger partial charge in [0.15, 0.2) is 5.96 Å². The molecule has 1 unspecified atom stereocenters. The van der Waals surface area contributed by atoms with E-state index in [0.717, 1.165) is 5.69 Å². The van der Waals surface area contributed by atoms with Crippen molar-refractivity contribution in [3.05, 3.63) is 59.7 Å². The molecule has 130 valence electrons. The van der Waals surface area contributed by atoms with Crippen molar-refractivity contribution in [2.45, 2.75) is 26.8 Å². The number of likely N-dealkylation sites (N-methyl/N-ethyl adjacent to an activating group) is 1. The molecule has 0 aromatic heterocycles. The molecule has 0 bridgehead atoms. The SMILES string of the molecule is Cc1ccc(NC(N)=NCC(C)N(C)c2ccccc2)cc1C.I. The maximum Gasteiger partial charge on any atom is 0.193 e. The summed E-state index contributed by atoms with van der Waals surface area (Å²) in [6.07, 6.45) is 0. The summed E-state index contributed by atoms with van der Waals surface area (Å²) >= 11 is 0. The number of hydrogen-bond acceptors (Lipinski definition) is 2. The maximum absolute atomic E-state index is 6.00. The van der Waals surface area contributed by atoms with Crippen LogP contribution in [-0.4, -0.2) is 25.6 Å². The number of para-hydroxylation sites is 1. The fraction of sp³-hybridized carbons (Fsp3) is 0.316. The Labute approximate surface area is 162 Å². The van der Waals surface area contributed by atoms with E-state index in [-0.39, 0.29) is 30.0 Å². The van der Waals surface area contributed by atoms with Crippen LogP contribution in [0.3, 0.4) is 0 Å². The van der Waals surface area contributed by atoms with Gasteiger partial charge in [-0.2, -0.15) is 0 Å². The van der Waals surface area contributed by atoms with Crippen molar-refractivity contribution >= 4 is 41.3 Å². The van der Waals surface area contributed by atoms with Gasteiger partial charge in [-0.25, -0.2) is 0 Å². The van der Waals surface area contributed by atoms with Gasteiger partial charge in [-0.1, -0.05) is 24.3 Å². The van der Waals surface area contributed by atoms with Crippen molar-refractivity contribution in [3.63, 3.8) is 0 Å². The first kappa shape index (κ1) is 20.3. The Kier molecular flexibility index (Phi) is 8.04. The van der Waals surface area contributed by atoms with E-state index in [1.54, 1.807) is 0 Å². The molecular weight excluding hydrogens is 411 g/mol. The van der Waals surface area contributed by atoms with Crippen LogP contribution in [0, 0.1) is 13.8 Å². The van der Waals surface area contributed by atoms with E-state index in [4.69, 9.17) is 5.73 Å². The van der Waals surface area contributed by atoms with Crippen LogP contribution in [-0.2, 0) is 0 Å². The molecule has 0 radical (unpaired) electrons. The van der Waals surface area contributed by atoms with E-state index in [0.29, 0.717) is 12.5 Å². The second-order valence-corrected chi connectivity index (χ2v) is 5.95. The molecule has 0 fully saturated rings. The highest BCUT2D eigenvalue weighted by Gasteiger charge is 2.09. The van der Waals surface area contributed by atoms with Crippen LogP contribution in [0.25, 0.3) is 0 Å². The second-order valence-electron chi connectivity index (χ2n) is 5.95. The number of nitrogens with zero attached hydrogens (tertiary/aromatic N) is 2. The van der Waals surface area contributed by atoms with Gasteiger partial charge in [-0.3, -0.25) is 4.99 Å². The van der Waals surface area contributed by atoms with Crippen molar-refractivity contribution in [2.24, 2.45) is 10.7 Å². The highest BCUT2D eigenvalue weighted by molar-refractivity contribution is 14.0. The van der Waals surface area contributed by atoms with Crippen LogP contribution >= 0.6 is 24.0 Å². The first-order chi connectivity index (χ1) is 11.0. The molecule has 4 nitrogen and oxygen atoms in total. The molecule has 0 aliphatic rings. The van der Waals surface area contributed by atoms with Crippen LogP contribution in [0.4, 0.5) is 11.4 Å². The van der Waals surface area contributed by atoms with E-state index in [1.807, 2.05) is 24.3 Å². The predicted molar refractivity (Wildman–Crippen MR) is 116 cm³/mol. The lowest BCUT2D eigenvalue weighted by molar-refractivity contribution is 0.696. The van der Waals surface area contributed by atoms with Crippen LogP contribution in [0.5, 0.6) is 0 Å². The van der Waals surface area contributed by atoms with Gasteiger partial charge in [-0.05, 0) is 56.2 Å². The van der Waals surface area contributed by atoms with E-state index in [1.165, 1.54) is 16.8 Å². The normalized spacial score (nSPS) is 12.2. The summed E-state index contributed by atoms with van der Waals surface area (Å²) in [7, 11) is 2.07. The lowest BCUT2D eigenvalue weighted by Gasteiger charge is -2.25. The number of guanidine groups is 1. The number of nitrogens with two attached hydrogens (primary N) is 1. The smallest absolute Gasteiger partial charge is 0.193 e. The van der Waals surface area contributed by atoms with Crippen LogP contribution in [0.15, 0.2) is 53.5 Å². The highest BCUT2D eigenvalue weighted by atomic mass is 127. The van der Waals surface area contributed by atoms with Gasteiger partial charge in [0.25, 0.3) is 0 Å². The summed E-state index contributed by atoms with van der Waals surface area (Å²) in [5.41, 5.74) is 10.7. The van der Waals surface area contributed by atoms with E-state index < -0.39 is 0 Å². The van der Waals surface area contributed by atoms with Gasteiger partial charge in [0.1, 0.15) is 0 Å². The Morgan fingerprint density at radius 3 is 2.42 bits per heavy atom. The van der Waals surface area contributed by atoms with Crippen molar-refractivity contribution in [2.75, 3.05) is 23.8 Å². The molecule has 5 heteroatoms. The molecule has 0 saturated carbocycles. The standard InChI is InChI=1S/C19H26N4.HI/c1-14-10-11-17(12-15(14)2)22-19(20)21-13-16(3)23(4)18-8-6-5-7-9-18;/h5-12,16H,13H2,1-4H3,(H3,20,21,22);1H. The van der Waals surface area contributed by atoms with Crippen LogP contribution < -0.4 is 16.0 Å². The number of aryl methyl sites for hydroxylation is 2. The molecule has 1 atom stereocenters. The number of nitrogens with one attached hydrogen (secondary N) is 1. The van der Waals surface area contributed by atoms with E-state index in [2.05, 4.69) is 67.3 Å². The van der Waals surface area contributed by atoms with Crippen LogP contribution in [0.2, 0.25) is 0 Å². The molecule has 0 amide bonds. The molecule has 3 N–H and O–H groups in total. The quantitative estimate of drug-likeness (QED) is 0.419. The van der Waals surface area contributed by atoms with Gasteiger partial charge < -0.3 is 16.0 Å². The van der Waals surface area contributed by atoms with Gasteiger partial charge in [0.2, 0.25) is 0 Å². The molecule has 0 aliphatic carbocycles. The zero-order valence-electron chi connectivity index (χ0n) is 14.8. The minimum absolute atomic E-state index is 0. The molecule has 0 spiro atoms. The monoisotopic (exact) mass is 438 g/mol. The Bertz CT molecular complexity index is 670. The Morgan fingerprint density at radius 2 is 1.79 bits per heavy atom. The fourth-order valence-corrected chi connectivity index (χ4v) is 2.28. The molecular formula is C19H27IN4. The minimum atomic E-state index is 0. The molecule has 2 aromatic carbocycles. The lowest BCUT2D eigenvalue weighted by Crippen LogP contribution is -2.33. The Hall–Kier alpha value is -1.76. The van der Waals surface area contributed by atoms with Crippen LogP contribution in [0.1, 0.15) is 18.1 Å². The summed E-state index contributed by atoms with van der Waals surface area (Å²) in [6, 6.07) is 16.7. The van der Waals surface area contributed by atoms with E-state index >= 15 is 0 Å². The first-order valence-corrected chi connectivity index (χ1v) is 7.89. The molecule has 0 heterocycles. The molecule has 0 aliphatic heterocycles.